The van der Waals surface area contributed by atoms with Crippen molar-refractivity contribution in [2.24, 2.45) is 0 Å². The fourth-order valence-electron chi connectivity index (χ4n) is 0.735. The lowest BCUT2D eigenvalue weighted by molar-refractivity contribution is -0.142. The molecule has 0 aromatic heterocycles. The van der Waals surface area contributed by atoms with Gasteiger partial charge in [0.25, 0.3) is 0 Å². The van der Waals surface area contributed by atoms with E-state index in [2.05, 4.69) is 26.3 Å². The standard InChI is InChI=1S/C12H18O5.2C4H6O2/c1-9(2)11(13)16-7-5-15-6-8-17-12(14)10(3)4;2*1-3(2)4(5)6/h1,3,5-8H2,2,4H3;2*1H2,2H3,(H,5,6). The molecule has 0 atom stereocenters. The minimum absolute atomic E-state index is 0.153. The molecule has 0 radical (unpaired) electrons. The Balaban J connectivity index is -0.000000460. The molecule has 0 aliphatic rings. The van der Waals surface area contributed by atoms with E-state index in [1.165, 1.54) is 13.8 Å². The summed E-state index contributed by atoms with van der Waals surface area (Å²) in [4.78, 5) is 41.1. The lowest BCUT2D eigenvalue weighted by Crippen LogP contribution is -2.14. The minimum Gasteiger partial charge on any atom is -0.478 e. The van der Waals surface area contributed by atoms with Crippen LogP contribution in [0.2, 0.25) is 0 Å². The average molecular weight is 414 g/mol. The van der Waals surface area contributed by atoms with E-state index in [-0.39, 0.29) is 37.6 Å². The van der Waals surface area contributed by atoms with Crippen molar-refractivity contribution < 1.29 is 43.6 Å². The Morgan fingerprint density at radius 1 is 0.586 bits per heavy atom. The van der Waals surface area contributed by atoms with Gasteiger partial charge in [0.15, 0.2) is 0 Å². The van der Waals surface area contributed by atoms with E-state index < -0.39 is 23.9 Å². The van der Waals surface area contributed by atoms with Crippen LogP contribution in [-0.2, 0) is 33.4 Å². The molecule has 0 fully saturated rings. The van der Waals surface area contributed by atoms with Crippen LogP contribution in [0.3, 0.4) is 0 Å². The van der Waals surface area contributed by atoms with Gasteiger partial charge in [0.2, 0.25) is 0 Å². The van der Waals surface area contributed by atoms with Gasteiger partial charge in [-0.1, -0.05) is 26.3 Å². The molecule has 0 spiro atoms. The molecule has 0 aromatic rings. The fourth-order valence-corrected chi connectivity index (χ4v) is 0.735. The Kier molecular flexibility index (Phi) is 19.1. The van der Waals surface area contributed by atoms with Gasteiger partial charge in [0.05, 0.1) is 13.2 Å². The third kappa shape index (κ3) is 24.8. The topological polar surface area (TPSA) is 136 Å². The second-order valence-electron chi connectivity index (χ2n) is 5.62. The molecule has 0 saturated carbocycles. The maximum Gasteiger partial charge on any atom is 0.333 e. The van der Waals surface area contributed by atoms with Gasteiger partial charge in [-0.3, -0.25) is 0 Å². The van der Waals surface area contributed by atoms with E-state index in [1.54, 1.807) is 13.8 Å². The van der Waals surface area contributed by atoms with Crippen LogP contribution in [0, 0.1) is 0 Å². The zero-order chi connectivity index (χ0) is 23.6. The number of carbonyl (C=O) groups excluding carboxylic acids is 2. The summed E-state index contributed by atoms with van der Waals surface area (Å²) in [5, 5.41) is 15.8. The highest BCUT2D eigenvalue weighted by atomic mass is 16.6. The lowest BCUT2D eigenvalue weighted by atomic mass is 10.4. The third-order valence-corrected chi connectivity index (χ3v) is 2.35. The lowest BCUT2D eigenvalue weighted by Gasteiger charge is -2.06. The van der Waals surface area contributed by atoms with Gasteiger partial charge in [0, 0.05) is 22.3 Å². The van der Waals surface area contributed by atoms with Gasteiger partial charge in [-0.2, -0.15) is 0 Å². The zero-order valence-corrected chi connectivity index (χ0v) is 17.4. The van der Waals surface area contributed by atoms with E-state index in [0.717, 1.165) is 0 Å². The van der Waals surface area contributed by atoms with Crippen LogP contribution in [0.15, 0.2) is 48.6 Å². The molecule has 9 heteroatoms. The molecule has 0 saturated heterocycles. The summed E-state index contributed by atoms with van der Waals surface area (Å²) in [6.07, 6.45) is 0. The number of ether oxygens (including phenoxy) is 3. The van der Waals surface area contributed by atoms with Crippen molar-refractivity contribution in [2.45, 2.75) is 27.7 Å². The van der Waals surface area contributed by atoms with Gasteiger partial charge in [0.1, 0.15) is 13.2 Å². The van der Waals surface area contributed by atoms with Crippen LogP contribution < -0.4 is 0 Å². The van der Waals surface area contributed by atoms with Crippen molar-refractivity contribution >= 4 is 23.9 Å². The van der Waals surface area contributed by atoms with Crippen LogP contribution in [0.25, 0.3) is 0 Å². The van der Waals surface area contributed by atoms with E-state index >= 15 is 0 Å². The first kappa shape index (κ1) is 30.5. The number of carbonyl (C=O) groups is 4. The van der Waals surface area contributed by atoms with Crippen LogP contribution in [0.5, 0.6) is 0 Å². The number of carboxylic acids is 2. The minimum atomic E-state index is -0.935. The smallest absolute Gasteiger partial charge is 0.333 e. The number of carboxylic acid groups (broad SMARTS) is 2. The summed E-state index contributed by atoms with van der Waals surface area (Å²) >= 11 is 0. The number of esters is 2. The molecular weight excluding hydrogens is 384 g/mol. The molecule has 0 rings (SSSR count). The molecular formula is C20H30O9. The Morgan fingerprint density at radius 3 is 1.00 bits per heavy atom. The SMILES string of the molecule is C=C(C)C(=O)O.C=C(C)C(=O)O.C=C(C)C(=O)OCCOCCOC(=O)C(=C)C. The summed E-state index contributed by atoms with van der Waals surface area (Å²) in [5.41, 5.74) is 1.05. The first-order valence-corrected chi connectivity index (χ1v) is 8.24. The van der Waals surface area contributed by atoms with E-state index in [1.807, 2.05) is 0 Å². The fraction of sp³-hybridized carbons (Fsp3) is 0.400. The van der Waals surface area contributed by atoms with Gasteiger partial charge in [-0.05, 0) is 27.7 Å². The molecule has 9 nitrogen and oxygen atoms in total. The second-order valence-corrected chi connectivity index (χ2v) is 5.62. The second kappa shape index (κ2) is 18.2. The maximum absolute atomic E-state index is 10.9. The largest absolute Gasteiger partial charge is 0.478 e. The predicted octanol–water partition coefficient (Wildman–Crippen LogP) is 2.54. The Hall–Kier alpha value is -3.20. The van der Waals surface area contributed by atoms with Crippen molar-refractivity contribution in [3.8, 4) is 0 Å². The van der Waals surface area contributed by atoms with Gasteiger partial charge in [-0.25, -0.2) is 19.2 Å². The summed E-state index contributed by atoms with van der Waals surface area (Å²) < 4.78 is 14.6. The van der Waals surface area contributed by atoms with E-state index in [9.17, 15) is 19.2 Å². The normalized spacial score (nSPS) is 8.69. The Morgan fingerprint density at radius 2 is 0.828 bits per heavy atom. The number of hydrogen-bond donors (Lipinski definition) is 2. The number of rotatable bonds is 10. The quantitative estimate of drug-likeness (QED) is 0.314. The highest BCUT2D eigenvalue weighted by Crippen LogP contribution is 1.93. The summed E-state index contributed by atoms with van der Waals surface area (Å²) in [6, 6.07) is 0. The van der Waals surface area contributed by atoms with Crippen molar-refractivity contribution in [2.75, 3.05) is 26.4 Å². The van der Waals surface area contributed by atoms with Crippen LogP contribution >= 0.6 is 0 Å². The molecule has 0 aliphatic carbocycles. The molecule has 29 heavy (non-hydrogen) atoms. The highest BCUT2D eigenvalue weighted by molar-refractivity contribution is 5.87. The molecule has 164 valence electrons. The number of aliphatic carboxylic acids is 2. The monoisotopic (exact) mass is 414 g/mol. The van der Waals surface area contributed by atoms with Crippen LogP contribution in [0.1, 0.15) is 27.7 Å². The molecule has 0 heterocycles. The van der Waals surface area contributed by atoms with Crippen molar-refractivity contribution in [1.29, 1.82) is 0 Å². The average Bonchev–Trinajstić information content (AvgIpc) is 2.60. The Bertz CT molecular complexity index is 552. The predicted molar refractivity (Wildman–Crippen MR) is 107 cm³/mol. The molecule has 0 aromatic carbocycles. The van der Waals surface area contributed by atoms with Crippen molar-refractivity contribution in [1.82, 2.24) is 0 Å². The number of hydrogen-bond acceptors (Lipinski definition) is 7. The van der Waals surface area contributed by atoms with Gasteiger partial charge >= 0.3 is 23.9 Å². The van der Waals surface area contributed by atoms with Crippen molar-refractivity contribution in [3.63, 3.8) is 0 Å². The Labute approximate surface area is 171 Å². The van der Waals surface area contributed by atoms with Crippen LogP contribution in [-0.4, -0.2) is 60.5 Å². The first-order chi connectivity index (χ1) is 13.2. The maximum atomic E-state index is 10.9. The molecule has 2 N–H and O–H groups in total. The van der Waals surface area contributed by atoms with Crippen LogP contribution in [0.4, 0.5) is 0 Å². The highest BCUT2D eigenvalue weighted by Gasteiger charge is 2.03. The summed E-state index contributed by atoms with van der Waals surface area (Å²) in [7, 11) is 0. The summed E-state index contributed by atoms with van der Waals surface area (Å²) in [6.45, 7) is 20.0. The van der Waals surface area contributed by atoms with Gasteiger partial charge in [-0.15, -0.1) is 0 Å². The van der Waals surface area contributed by atoms with Crippen molar-refractivity contribution in [3.05, 3.63) is 48.6 Å². The zero-order valence-electron chi connectivity index (χ0n) is 17.4. The summed E-state index contributed by atoms with van der Waals surface area (Å²) in [5.74, 6) is -2.75. The molecule has 0 unspecified atom stereocenters. The molecule has 0 aliphatic heterocycles. The molecule has 0 amide bonds. The molecule has 0 bridgehead atoms. The van der Waals surface area contributed by atoms with E-state index in [0.29, 0.717) is 11.1 Å². The first-order valence-electron chi connectivity index (χ1n) is 8.24. The van der Waals surface area contributed by atoms with E-state index in [4.69, 9.17) is 24.4 Å². The van der Waals surface area contributed by atoms with Gasteiger partial charge < -0.3 is 24.4 Å². The third-order valence-electron chi connectivity index (χ3n) is 2.35.